The Bertz CT molecular complexity index is 457. The Morgan fingerprint density at radius 2 is 2.25 bits per heavy atom. The van der Waals surface area contributed by atoms with E-state index in [1.807, 2.05) is 0 Å². The van der Waals surface area contributed by atoms with E-state index in [2.05, 4.69) is 4.98 Å². The van der Waals surface area contributed by atoms with Gasteiger partial charge in [-0.3, -0.25) is 9.36 Å². The van der Waals surface area contributed by atoms with Gasteiger partial charge in [-0.25, -0.2) is 18.6 Å². The van der Waals surface area contributed by atoms with Gasteiger partial charge in [0.1, 0.15) is 5.69 Å². The molecule has 0 aliphatic carbocycles. The zero-order valence-corrected chi connectivity index (χ0v) is 8.48. The highest BCUT2D eigenvalue weighted by atomic mass is 19.3. The van der Waals surface area contributed by atoms with Crippen molar-refractivity contribution in [3.63, 3.8) is 0 Å². The van der Waals surface area contributed by atoms with Crippen LogP contribution in [0.2, 0.25) is 0 Å². The fourth-order valence-corrected chi connectivity index (χ4v) is 1.27. The number of aromatic carboxylic acids is 1. The largest absolute Gasteiger partial charge is 0.477 e. The third-order valence-electron chi connectivity index (χ3n) is 1.95. The second-order valence-corrected chi connectivity index (χ2v) is 3.11. The quantitative estimate of drug-likeness (QED) is 0.848. The molecule has 0 saturated heterocycles. The highest BCUT2D eigenvalue weighted by Crippen LogP contribution is 2.17. The molecule has 1 aromatic heterocycles. The van der Waals surface area contributed by atoms with Crippen molar-refractivity contribution < 1.29 is 18.7 Å². The van der Waals surface area contributed by atoms with Crippen molar-refractivity contribution >= 4 is 5.97 Å². The summed E-state index contributed by atoms with van der Waals surface area (Å²) in [6, 6.07) is 0. The molecule has 0 fully saturated rings. The molecule has 88 valence electrons. The normalized spacial score (nSPS) is 10.8. The molecular weight excluding hydrogens is 222 g/mol. The standard InChI is InChI=1S/C9H10F2N2O3/c1-2-3-13-4-12-6(7(10)11)5(8(13)14)9(15)16/h4,7H,2-3H2,1H3,(H,15,16). The Balaban J connectivity index is 3.42. The first kappa shape index (κ1) is 12.3. The molecule has 0 bridgehead atoms. The lowest BCUT2D eigenvalue weighted by Gasteiger charge is -2.07. The zero-order valence-electron chi connectivity index (χ0n) is 8.48. The van der Waals surface area contributed by atoms with Crippen LogP contribution in [0.5, 0.6) is 0 Å². The monoisotopic (exact) mass is 232 g/mol. The molecule has 0 aromatic carbocycles. The lowest BCUT2D eigenvalue weighted by atomic mass is 10.2. The zero-order chi connectivity index (χ0) is 12.3. The Hall–Kier alpha value is -1.79. The van der Waals surface area contributed by atoms with Gasteiger partial charge in [-0.1, -0.05) is 6.92 Å². The van der Waals surface area contributed by atoms with E-state index in [4.69, 9.17) is 5.11 Å². The maximum Gasteiger partial charge on any atom is 0.343 e. The molecule has 0 amide bonds. The van der Waals surface area contributed by atoms with Crippen molar-refractivity contribution in [2.45, 2.75) is 26.3 Å². The number of alkyl halides is 2. The highest BCUT2D eigenvalue weighted by molar-refractivity contribution is 5.88. The summed E-state index contributed by atoms with van der Waals surface area (Å²) in [6.45, 7) is 2.02. The lowest BCUT2D eigenvalue weighted by molar-refractivity contribution is 0.0678. The van der Waals surface area contributed by atoms with Crippen molar-refractivity contribution in [1.29, 1.82) is 0 Å². The van der Waals surface area contributed by atoms with Crippen LogP contribution in [0.3, 0.4) is 0 Å². The van der Waals surface area contributed by atoms with Crippen molar-refractivity contribution in [2.75, 3.05) is 0 Å². The van der Waals surface area contributed by atoms with E-state index in [0.717, 1.165) is 10.9 Å². The highest BCUT2D eigenvalue weighted by Gasteiger charge is 2.24. The van der Waals surface area contributed by atoms with Crippen LogP contribution in [0.25, 0.3) is 0 Å². The van der Waals surface area contributed by atoms with Crippen LogP contribution >= 0.6 is 0 Å². The number of carboxylic acids is 1. The smallest absolute Gasteiger partial charge is 0.343 e. The number of nitrogens with zero attached hydrogens (tertiary/aromatic N) is 2. The second-order valence-electron chi connectivity index (χ2n) is 3.11. The molecule has 0 aliphatic heterocycles. The first-order valence-corrected chi connectivity index (χ1v) is 4.59. The predicted octanol–water partition coefficient (Wildman–Crippen LogP) is 1.29. The molecule has 5 nitrogen and oxygen atoms in total. The number of rotatable bonds is 4. The topological polar surface area (TPSA) is 72.2 Å². The maximum absolute atomic E-state index is 12.4. The van der Waals surface area contributed by atoms with Crippen molar-refractivity contribution in [3.05, 3.63) is 27.9 Å². The molecule has 0 atom stereocenters. The molecule has 0 saturated carbocycles. The average Bonchev–Trinajstić information content (AvgIpc) is 2.20. The van der Waals surface area contributed by atoms with Crippen molar-refractivity contribution in [1.82, 2.24) is 9.55 Å². The average molecular weight is 232 g/mol. The van der Waals surface area contributed by atoms with Crippen molar-refractivity contribution in [2.24, 2.45) is 0 Å². The summed E-state index contributed by atoms with van der Waals surface area (Å²) < 4.78 is 25.8. The number of carbonyl (C=O) groups is 1. The predicted molar refractivity (Wildman–Crippen MR) is 50.7 cm³/mol. The summed E-state index contributed by atoms with van der Waals surface area (Å²) in [6.07, 6.45) is -1.55. The van der Waals surface area contributed by atoms with Gasteiger partial charge < -0.3 is 5.11 Å². The Labute approximate surface area is 89.4 Å². The summed E-state index contributed by atoms with van der Waals surface area (Å²) >= 11 is 0. The summed E-state index contributed by atoms with van der Waals surface area (Å²) in [5, 5.41) is 8.70. The first-order valence-electron chi connectivity index (χ1n) is 4.59. The van der Waals surface area contributed by atoms with Gasteiger partial charge in [0, 0.05) is 6.54 Å². The molecule has 1 aromatic rings. The Morgan fingerprint density at radius 3 is 2.69 bits per heavy atom. The van der Waals surface area contributed by atoms with E-state index in [0.29, 0.717) is 6.42 Å². The first-order chi connectivity index (χ1) is 7.49. The fraction of sp³-hybridized carbons (Fsp3) is 0.444. The van der Waals surface area contributed by atoms with Gasteiger partial charge in [-0.2, -0.15) is 0 Å². The molecular formula is C9H10F2N2O3. The molecule has 1 N–H and O–H groups in total. The van der Waals surface area contributed by atoms with Crippen LogP contribution in [0.1, 0.15) is 35.8 Å². The van der Waals surface area contributed by atoms with E-state index < -0.39 is 29.2 Å². The van der Waals surface area contributed by atoms with Gasteiger partial charge in [0.2, 0.25) is 0 Å². The molecule has 7 heteroatoms. The van der Waals surface area contributed by atoms with Crippen LogP contribution in [0, 0.1) is 0 Å². The van der Waals surface area contributed by atoms with Gasteiger partial charge in [0.15, 0.2) is 5.56 Å². The molecule has 1 rings (SSSR count). The van der Waals surface area contributed by atoms with Crippen LogP contribution in [-0.2, 0) is 6.54 Å². The third-order valence-corrected chi connectivity index (χ3v) is 1.95. The number of hydrogen-bond acceptors (Lipinski definition) is 3. The van der Waals surface area contributed by atoms with E-state index in [1.54, 1.807) is 6.92 Å². The third kappa shape index (κ3) is 2.23. The molecule has 16 heavy (non-hydrogen) atoms. The minimum absolute atomic E-state index is 0.246. The molecule has 0 spiro atoms. The molecule has 1 heterocycles. The van der Waals surface area contributed by atoms with Crippen LogP contribution in [-0.4, -0.2) is 20.6 Å². The van der Waals surface area contributed by atoms with E-state index >= 15 is 0 Å². The minimum Gasteiger partial charge on any atom is -0.477 e. The Morgan fingerprint density at radius 1 is 1.62 bits per heavy atom. The summed E-state index contributed by atoms with van der Waals surface area (Å²) in [5.74, 6) is -1.68. The summed E-state index contributed by atoms with van der Waals surface area (Å²) in [4.78, 5) is 25.6. The number of aromatic nitrogens is 2. The molecule has 0 unspecified atom stereocenters. The van der Waals surface area contributed by atoms with Gasteiger partial charge >= 0.3 is 5.97 Å². The number of halogens is 2. The lowest BCUT2D eigenvalue weighted by Crippen LogP contribution is -2.29. The van der Waals surface area contributed by atoms with Gasteiger partial charge in [-0.05, 0) is 6.42 Å². The summed E-state index contributed by atoms with van der Waals surface area (Å²) in [7, 11) is 0. The van der Waals surface area contributed by atoms with Crippen LogP contribution in [0.4, 0.5) is 8.78 Å². The number of aryl methyl sites for hydroxylation is 1. The van der Waals surface area contributed by atoms with E-state index in [1.165, 1.54) is 0 Å². The maximum atomic E-state index is 12.4. The fourth-order valence-electron chi connectivity index (χ4n) is 1.27. The van der Waals surface area contributed by atoms with Gasteiger partial charge in [0.05, 0.1) is 6.33 Å². The molecule has 0 aliphatic rings. The van der Waals surface area contributed by atoms with E-state index in [9.17, 15) is 18.4 Å². The SMILES string of the molecule is CCCn1cnc(C(F)F)c(C(=O)O)c1=O. The molecule has 0 radical (unpaired) electrons. The van der Waals surface area contributed by atoms with Crippen LogP contribution < -0.4 is 5.56 Å². The van der Waals surface area contributed by atoms with E-state index in [-0.39, 0.29) is 6.54 Å². The number of hydrogen-bond donors (Lipinski definition) is 1. The van der Waals surface area contributed by atoms with Gasteiger partial charge in [-0.15, -0.1) is 0 Å². The summed E-state index contributed by atoms with van der Waals surface area (Å²) in [5.41, 5.74) is -2.88. The Kier molecular flexibility index (Phi) is 3.70. The second kappa shape index (κ2) is 4.82. The minimum atomic E-state index is -3.07. The van der Waals surface area contributed by atoms with Crippen molar-refractivity contribution in [3.8, 4) is 0 Å². The van der Waals surface area contributed by atoms with Crippen LogP contribution in [0.15, 0.2) is 11.1 Å². The van der Waals surface area contributed by atoms with Gasteiger partial charge in [0.25, 0.3) is 12.0 Å². The number of carboxylic acid groups (broad SMARTS) is 1.